The first-order valence-electron chi connectivity index (χ1n) is 15.0. The zero-order chi connectivity index (χ0) is 24.2. The number of piperidine rings is 1. The second-order valence-electron chi connectivity index (χ2n) is 12.3. The second kappa shape index (κ2) is 12.4. The first-order valence-corrected chi connectivity index (χ1v) is 15.0. The molecule has 0 spiro atoms. The number of aliphatic hydroxyl groups is 1. The molecule has 0 bridgehead atoms. The maximum atomic E-state index is 10.4. The van der Waals surface area contributed by atoms with Crippen molar-refractivity contribution >= 4 is 0 Å². The van der Waals surface area contributed by atoms with Gasteiger partial charge in [-0.2, -0.15) is 0 Å². The molecule has 4 atom stereocenters. The van der Waals surface area contributed by atoms with E-state index in [9.17, 15) is 5.11 Å². The third-order valence-corrected chi connectivity index (χ3v) is 10.2. The van der Waals surface area contributed by atoms with Crippen molar-refractivity contribution in [3.05, 3.63) is 11.1 Å². The molecule has 0 aromatic carbocycles. The lowest BCUT2D eigenvalue weighted by Crippen LogP contribution is -2.47. The first kappa shape index (κ1) is 26.2. The quantitative estimate of drug-likeness (QED) is 0.479. The highest BCUT2D eigenvalue weighted by Gasteiger charge is 2.45. The zero-order valence-electron chi connectivity index (χ0n) is 22.5. The average molecular weight is 490 g/mol. The van der Waals surface area contributed by atoms with E-state index >= 15 is 0 Å². The van der Waals surface area contributed by atoms with E-state index in [1.807, 2.05) is 7.11 Å². The van der Waals surface area contributed by atoms with E-state index in [4.69, 9.17) is 14.2 Å². The maximum absolute atomic E-state index is 10.4. The third kappa shape index (κ3) is 6.34. The first-order chi connectivity index (χ1) is 17.1. The summed E-state index contributed by atoms with van der Waals surface area (Å²) in [6, 6.07) is 0. The molecule has 2 heterocycles. The predicted molar refractivity (Wildman–Crippen MR) is 139 cm³/mol. The summed E-state index contributed by atoms with van der Waals surface area (Å²) in [6.07, 6.45) is 17.7. The molecule has 5 heteroatoms. The summed E-state index contributed by atoms with van der Waals surface area (Å²) in [5.74, 6) is 1.76. The summed E-state index contributed by atoms with van der Waals surface area (Å²) in [7, 11) is 1.87. The van der Waals surface area contributed by atoms with Gasteiger partial charge in [-0.1, -0.05) is 12.0 Å². The number of rotatable bonds is 7. The number of nitrogens with zero attached hydrogens (tertiary/aromatic N) is 1. The highest BCUT2D eigenvalue weighted by Crippen LogP contribution is 2.48. The molecule has 3 unspecified atom stereocenters. The summed E-state index contributed by atoms with van der Waals surface area (Å²) in [5.41, 5.74) is 3.28. The average Bonchev–Trinajstić information content (AvgIpc) is 2.89. The van der Waals surface area contributed by atoms with Crippen LogP contribution >= 0.6 is 0 Å². The fourth-order valence-corrected chi connectivity index (χ4v) is 8.07. The van der Waals surface area contributed by atoms with Gasteiger partial charge in [0.2, 0.25) is 0 Å². The van der Waals surface area contributed by atoms with Gasteiger partial charge < -0.3 is 24.2 Å². The Morgan fingerprint density at radius 3 is 2.31 bits per heavy atom. The lowest BCUT2D eigenvalue weighted by molar-refractivity contribution is -0.110. The van der Waals surface area contributed by atoms with Crippen LogP contribution in [0.2, 0.25) is 0 Å². The maximum Gasteiger partial charge on any atom is 0.0822 e. The van der Waals surface area contributed by atoms with Crippen molar-refractivity contribution in [3.63, 3.8) is 0 Å². The van der Waals surface area contributed by atoms with Gasteiger partial charge in [0.05, 0.1) is 37.1 Å². The summed E-state index contributed by atoms with van der Waals surface area (Å²) < 4.78 is 19.0. The number of aliphatic hydroxyl groups excluding tert-OH is 1. The lowest BCUT2D eigenvalue weighted by atomic mass is 9.67. The summed E-state index contributed by atoms with van der Waals surface area (Å²) >= 11 is 0. The van der Waals surface area contributed by atoms with Gasteiger partial charge in [-0.15, -0.1) is 0 Å². The molecule has 200 valence electrons. The molecular weight excluding hydrogens is 438 g/mol. The Bertz CT molecular complexity index is 688. The molecule has 5 aliphatic rings. The number of likely N-dealkylation sites (tertiary alicyclic amines) is 1. The molecule has 0 amide bonds. The zero-order valence-corrected chi connectivity index (χ0v) is 22.5. The Morgan fingerprint density at radius 1 is 0.886 bits per heavy atom. The third-order valence-electron chi connectivity index (χ3n) is 10.2. The molecule has 1 N–H and O–H groups in total. The van der Waals surface area contributed by atoms with Crippen LogP contribution < -0.4 is 0 Å². The standard InChI is InChI=1S/C30H51NO4/c1-21-27-15-10-24(32)20-28(27)35-30(29(21)22-6-11-25(33-2)12-7-22)23-8-13-26(14-9-23)34-19-18-31-16-4-3-5-17-31/h22-28,30,32H,3-20H2,1-2H3/t22?,23?,24?,25?,26?,27?,28?,30-/m0/s1. The molecule has 5 rings (SSSR count). The van der Waals surface area contributed by atoms with Crippen molar-refractivity contribution in [2.45, 2.75) is 127 Å². The van der Waals surface area contributed by atoms with Gasteiger partial charge in [0.15, 0.2) is 0 Å². The Kier molecular flexibility index (Phi) is 9.26. The van der Waals surface area contributed by atoms with Gasteiger partial charge >= 0.3 is 0 Å². The Balaban J connectivity index is 1.21. The molecule has 2 aliphatic heterocycles. The Morgan fingerprint density at radius 2 is 1.60 bits per heavy atom. The summed E-state index contributed by atoms with van der Waals surface area (Å²) in [5, 5.41) is 10.4. The van der Waals surface area contributed by atoms with Crippen LogP contribution in [0.25, 0.3) is 0 Å². The molecule has 4 fully saturated rings. The van der Waals surface area contributed by atoms with Crippen molar-refractivity contribution in [1.29, 1.82) is 0 Å². The molecule has 35 heavy (non-hydrogen) atoms. The fraction of sp³-hybridized carbons (Fsp3) is 0.933. The van der Waals surface area contributed by atoms with Crippen LogP contribution in [0, 0.1) is 17.8 Å². The normalized spacial score (nSPS) is 41.6. The predicted octanol–water partition coefficient (Wildman–Crippen LogP) is 5.50. The molecular formula is C30H51NO4. The van der Waals surface area contributed by atoms with Crippen LogP contribution in [0.1, 0.15) is 96.8 Å². The highest BCUT2D eigenvalue weighted by molar-refractivity contribution is 5.28. The van der Waals surface area contributed by atoms with E-state index in [1.165, 1.54) is 83.7 Å². The second-order valence-corrected chi connectivity index (χ2v) is 12.3. The molecule has 0 aromatic heterocycles. The van der Waals surface area contributed by atoms with Crippen molar-refractivity contribution in [3.8, 4) is 0 Å². The van der Waals surface area contributed by atoms with Crippen molar-refractivity contribution < 1.29 is 19.3 Å². The van der Waals surface area contributed by atoms with Crippen LogP contribution in [0.5, 0.6) is 0 Å². The van der Waals surface area contributed by atoms with Crippen LogP contribution in [-0.4, -0.2) is 73.9 Å². The van der Waals surface area contributed by atoms with E-state index in [0.29, 0.717) is 30.0 Å². The van der Waals surface area contributed by atoms with E-state index in [0.717, 1.165) is 32.4 Å². The van der Waals surface area contributed by atoms with Gasteiger partial charge in [-0.25, -0.2) is 0 Å². The number of fused-ring (bicyclic) bond motifs is 1. The topological polar surface area (TPSA) is 51.2 Å². The van der Waals surface area contributed by atoms with E-state index in [1.54, 1.807) is 11.1 Å². The van der Waals surface area contributed by atoms with E-state index in [2.05, 4.69) is 11.8 Å². The minimum Gasteiger partial charge on any atom is -0.393 e. The number of hydrogen-bond donors (Lipinski definition) is 1. The van der Waals surface area contributed by atoms with Crippen LogP contribution in [0.3, 0.4) is 0 Å². The SMILES string of the molecule is COC1CCC(C2=C(C)C3CCC(O)CC3O[C@H]2C2CCC(OCCN3CCCCC3)CC2)CC1. The van der Waals surface area contributed by atoms with Gasteiger partial charge in [0.25, 0.3) is 0 Å². The minimum atomic E-state index is -0.188. The van der Waals surface area contributed by atoms with Gasteiger partial charge in [-0.3, -0.25) is 0 Å². The highest BCUT2D eigenvalue weighted by atomic mass is 16.5. The summed E-state index contributed by atoms with van der Waals surface area (Å²) in [6.45, 7) is 6.93. The largest absolute Gasteiger partial charge is 0.393 e. The molecule has 3 aliphatic carbocycles. The lowest BCUT2D eigenvalue weighted by Gasteiger charge is -2.49. The monoisotopic (exact) mass is 489 g/mol. The van der Waals surface area contributed by atoms with Crippen LogP contribution in [0.15, 0.2) is 11.1 Å². The van der Waals surface area contributed by atoms with Gasteiger partial charge in [0, 0.05) is 26.0 Å². The smallest absolute Gasteiger partial charge is 0.0822 e. The molecule has 5 nitrogen and oxygen atoms in total. The van der Waals surface area contributed by atoms with E-state index < -0.39 is 0 Å². The molecule has 3 saturated carbocycles. The van der Waals surface area contributed by atoms with Crippen molar-refractivity contribution in [2.75, 3.05) is 33.4 Å². The van der Waals surface area contributed by atoms with Gasteiger partial charge in [-0.05, 0) is 114 Å². The number of hydrogen-bond acceptors (Lipinski definition) is 5. The molecule has 1 saturated heterocycles. The molecule has 0 aromatic rings. The Hall–Kier alpha value is -0.460. The number of ether oxygens (including phenoxy) is 3. The minimum absolute atomic E-state index is 0.188. The van der Waals surface area contributed by atoms with Crippen LogP contribution in [0.4, 0.5) is 0 Å². The van der Waals surface area contributed by atoms with E-state index in [-0.39, 0.29) is 18.3 Å². The van der Waals surface area contributed by atoms with Gasteiger partial charge in [0.1, 0.15) is 0 Å². The summed E-state index contributed by atoms with van der Waals surface area (Å²) in [4.78, 5) is 2.58. The van der Waals surface area contributed by atoms with Crippen LogP contribution in [-0.2, 0) is 14.2 Å². The van der Waals surface area contributed by atoms with Crippen molar-refractivity contribution in [2.24, 2.45) is 17.8 Å². The fourth-order valence-electron chi connectivity index (χ4n) is 8.07. The molecule has 0 radical (unpaired) electrons. The Labute approximate surface area is 213 Å². The number of methoxy groups -OCH3 is 1. The van der Waals surface area contributed by atoms with Crippen molar-refractivity contribution in [1.82, 2.24) is 4.90 Å².